The molecule has 0 aliphatic heterocycles. The summed E-state index contributed by atoms with van der Waals surface area (Å²) in [4.78, 5) is 22.3. The third-order valence-electron chi connectivity index (χ3n) is 4.37. The van der Waals surface area contributed by atoms with Gasteiger partial charge in [0.2, 0.25) is 5.91 Å². The van der Waals surface area contributed by atoms with E-state index in [1.54, 1.807) is 30.5 Å². The topological polar surface area (TPSA) is 90.1 Å². The highest BCUT2D eigenvalue weighted by molar-refractivity contribution is 6.01. The fourth-order valence-corrected chi connectivity index (χ4v) is 3.08. The van der Waals surface area contributed by atoms with E-state index in [0.717, 1.165) is 18.4 Å². The normalized spacial score (nSPS) is 15.4. The minimum Gasteiger partial charge on any atom is -0.307 e. The van der Waals surface area contributed by atoms with Gasteiger partial charge in [0, 0.05) is 24.3 Å². The van der Waals surface area contributed by atoms with Gasteiger partial charge in [-0.1, -0.05) is 19.3 Å². The van der Waals surface area contributed by atoms with Crippen LogP contribution in [0.1, 0.15) is 43.7 Å². The lowest BCUT2D eigenvalue weighted by Crippen LogP contribution is -2.19. The third kappa shape index (κ3) is 4.32. The molecule has 1 aromatic carbocycles. The van der Waals surface area contributed by atoms with Gasteiger partial charge in [-0.25, -0.2) is 4.68 Å². The van der Waals surface area contributed by atoms with Crippen molar-refractivity contribution in [2.45, 2.75) is 38.1 Å². The summed E-state index contributed by atoms with van der Waals surface area (Å²) in [6, 6.07) is 8.18. The summed E-state index contributed by atoms with van der Waals surface area (Å²) in [5, 5.41) is 17.8. The van der Waals surface area contributed by atoms with E-state index in [4.69, 9.17) is 0 Å². The predicted molar refractivity (Wildman–Crippen MR) is 95.1 cm³/mol. The van der Waals surface area contributed by atoms with Crippen molar-refractivity contribution in [1.29, 1.82) is 0 Å². The molecule has 3 rings (SSSR count). The Balaban J connectivity index is 1.62. The van der Waals surface area contributed by atoms with E-state index in [0.29, 0.717) is 11.9 Å². The quantitative estimate of drug-likeness (QED) is 0.507. The van der Waals surface area contributed by atoms with E-state index in [-0.39, 0.29) is 11.6 Å². The van der Waals surface area contributed by atoms with Crippen LogP contribution < -0.4 is 5.32 Å². The largest absolute Gasteiger partial charge is 0.307 e. The standard InChI is InChI=1S/C18H20N4O3/c23-18(11-8-14-6-9-16(10-7-14)22(24)25)20-17-12-13-19-21(17)15-4-2-1-3-5-15/h6-13,15H,1-5H2,(H,20,23). The molecule has 1 saturated carbocycles. The Hall–Kier alpha value is -2.96. The molecule has 0 unspecified atom stereocenters. The van der Waals surface area contributed by atoms with Crippen LogP contribution in [0.2, 0.25) is 0 Å². The Labute approximate surface area is 145 Å². The highest BCUT2D eigenvalue weighted by Gasteiger charge is 2.18. The molecule has 1 fully saturated rings. The van der Waals surface area contributed by atoms with E-state index in [1.807, 2.05) is 4.68 Å². The summed E-state index contributed by atoms with van der Waals surface area (Å²) in [6.07, 6.45) is 10.6. The minimum absolute atomic E-state index is 0.0259. The molecule has 1 N–H and O–H groups in total. The van der Waals surface area contributed by atoms with Crippen LogP contribution in [0.15, 0.2) is 42.6 Å². The molecule has 1 aliphatic carbocycles. The molecule has 130 valence electrons. The number of aromatic nitrogens is 2. The third-order valence-corrected chi connectivity index (χ3v) is 4.37. The summed E-state index contributed by atoms with van der Waals surface area (Å²) in [5.41, 5.74) is 0.750. The smallest absolute Gasteiger partial charge is 0.269 e. The maximum atomic E-state index is 12.1. The first-order valence-electron chi connectivity index (χ1n) is 8.40. The average molecular weight is 340 g/mol. The molecule has 0 spiro atoms. The number of hydrogen-bond donors (Lipinski definition) is 1. The summed E-state index contributed by atoms with van der Waals surface area (Å²) in [5.74, 6) is 0.446. The zero-order valence-electron chi connectivity index (χ0n) is 13.8. The van der Waals surface area contributed by atoms with Gasteiger partial charge >= 0.3 is 0 Å². The number of amides is 1. The molecular weight excluding hydrogens is 320 g/mol. The van der Waals surface area contributed by atoms with Crippen molar-refractivity contribution < 1.29 is 9.72 Å². The lowest BCUT2D eigenvalue weighted by Gasteiger charge is -2.23. The van der Waals surface area contributed by atoms with Crippen molar-refractivity contribution in [3.05, 3.63) is 58.3 Å². The molecule has 0 saturated heterocycles. The molecule has 0 atom stereocenters. The molecule has 0 radical (unpaired) electrons. The molecule has 1 amide bonds. The first-order chi connectivity index (χ1) is 12.1. The number of nitrogens with one attached hydrogen (secondary N) is 1. The SMILES string of the molecule is O=C(C=Cc1ccc([N+](=O)[O-])cc1)Nc1ccnn1C1CCCCC1. The monoisotopic (exact) mass is 340 g/mol. The van der Waals surface area contributed by atoms with Crippen molar-refractivity contribution in [1.82, 2.24) is 9.78 Å². The van der Waals surface area contributed by atoms with E-state index < -0.39 is 4.92 Å². The fourth-order valence-electron chi connectivity index (χ4n) is 3.08. The predicted octanol–water partition coefficient (Wildman–Crippen LogP) is 3.95. The van der Waals surface area contributed by atoms with Gasteiger partial charge in [0.1, 0.15) is 5.82 Å². The van der Waals surface area contributed by atoms with Crippen molar-refractivity contribution in [3.8, 4) is 0 Å². The number of anilines is 1. The zero-order chi connectivity index (χ0) is 17.6. The first kappa shape index (κ1) is 16.9. The molecule has 1 heterocycles. The van der Waals surface area contributed by atoms with Crippen molar-refractivity contribution in [3.63, 3.8) is 0 Å². The van der Waals surface area contributed by atoms with Gasteiger partial charge in [-0.05, 0) is 36.6 Å². The molecular formula is C18H20N4O3. The Bertz CT molecular complexity index is 774. The number of nitro benzene ring substituents is 1. The van der Waals surface area contributed by atoms with Crippen LogP contribution in [-0.4, -0.2) is 20.6 Å². The Morgan fingerprint density at radius 1 is 1.20 bits per heavy atom. The van der Waals surface area contributed by atoms with Gasteiger partial charge in [0.25, 0.3) is 5.69 Å². The number of carbonyl (C=O) groups excluding carboxylic acids is 1. The van der Waals surface area contributed by atoms with Crippen LogP contribution in [-0.2, 0) is 4.79 Å². The first-order valence-corrected chi connectivity index (χ1v) is 8.40. The summed E-state index contributed by atoms with van der Waals surface area (Å²) in [7, 11) is 0. The maximum absolute atomic E-state index is 12.1. The Kier molecular flexibility index (Phi) is 5.23. The fraction of sp³-hybridized carbons (Fsp3) is 0.333. The van der Waals surface area contributed by atoms with Crippen LogP contribution >= 0.6 is 0 Å². The van der Waals surface area contributed by atoms with E-state index in [9.17, 15) is 14.9 Å². The second-order valence-electron chi connectivity index (χ2n) is 6.12. The van der Waals surface area contributed by atoms with Crippen LogP contribution in [0.5, 0.6) is 0 Å². The number of nitrogens with zero attached hydrogens (tertiary/aromatic N) is 3. The summed E-state index contributed by atoms with van der Waals surface area (Å²) in [6.45, 7) is 0. The molecule has 7 nitrogen and oxygen atoms in total. The number of benzene rings is 1. The van der Waals surface area contributed by atoms with Crippen molar-refractivity contribution in [2.24, 2.45) is 0 Å². The summed E-state index contributed by atoms with van der Waals surface area (Å²) >= 11 is 0. The van der Waals surface area contributed by atoms with Crippen molar-refractivity contribution >= 4 is 23.5 Å². The van der Waals surface area contributed by atoms with Gasteiger partial charge in [-0.15, -0.1) is 0 Å². The molecule has 2 aromatic rings. The summed E-state index contributed by atoms with van der Waals surface area (Å²) < 4.78 is 1.90. The van der Waals surface area contributed by atoms with E-state index >= 15 is 0 Å². The second kappa shape index (κ2) is 7.74. The van der Waals surface area contributed by atoms with Gasteiger partial charge in [-0.3, -0.25) is 14.9 Å². The molecule has 7 heteroatoms. The number of rotatable bonds is 5. The average Bonchev–Trinajstić information content (AvgIpc) is 3.09. The number of non-ortho nitro benzene ring substituents is 1. The number of nitro groups is 1. The van der Waals surface area contributed by atoms with Gasteiger partial charge in [-0.2, -0.15) is 5.10 Å². The van der Waals surface area contributed by atoms with E-state index in [1.165, 1.54) is 37.5 Å². The van der Waals surface area contributed by atoms with Crippen LogP contribution in [0.3, 0.4) is 0 Å². The molecule has 1 aliphatic rings. The van der Waals surface area contributed by atoms with E-state index in [2.05, 4.69) is 10.4 Å². The zero-order valence-corrected chi connectivity index (χ0v) is 13.8. The van der Waals surface area contributed by atoms with Gasteiger partial charge in [0.15, 0.2) is 0 Å². The molecule has 1 aromatic heterocycles. The number of hydrogen-bond acceptors (Lipinski definition) is 4. The number of carbonyl (C=O) groups is 1. The van der Waals surface area contributed by atoms with Gasteiger partial charge < -0.3 is 5.32 Å². The van der Waals surface area contributed by atoms with Crippen LogP contribution in [0, 0.1) is 10.1 Å². The van der Waals surface area contributed by atoms with Crippen molar-refractivity contribution in [2.75, 3.05) is 5.32 Å². The maximum Gasteiger partial charge on any atom is 0.269 e. The molecule has 0 bridgehead atoms. The Morgan fingerprint density at radius 3 is 2.60 bits per heavy atom. The lowest BCUT2D eigenvalue weighted by molar-refractivity contribution is -0.384. The second-order valence-corrected chi connectivity index (χ2v) is 6.12. The van der Waals surface area contributed by atoms with Gasteiger partial charge in [0.05, 0.1) is 17.2 Å². The lowest BCUT2D eigenvalue weighted by atomic mass is 9.96. The minimum atomic E-state index is -0.452. The Morgan fingerprint density at radius 2 is 1.92 bits per heavy atom. The highest BCUT2D eigenvalue weighted by atomic mass is 16.6. The highest BCUT2D eigenvalue weighted by Crippen LogP contribution is 2.29. The molecule has 25 heavy (non-hydrogen) atoms. The van der Waals surface area contributed by atoms with Crippen LogP contribution in [0.4, 0.5) is 11.5 Å². The van der Waals surface area contributed by atoms with Crippen LogP contribution in [0.25, 0.3) is 6.08 Å².